The molecule has 0 bridgehead atoms. The quantitative estimate of drug-likeness (QED) is 0.860. The Bertz CT molecular complexity index is 888. The highest BCUT2D eigenvalue weighted by molar-refractivity contribution is 6.07. The highest BCUT2D eigenvalue weighted by Crippen LogP contribution is 2.27. The number of aromatic nitrogens is 1. The Morgan fingerprint density at radius 3 is 2.88 bits per heavy atom. The smallest absolute Gasteiger partial charge is 0.255 e. The summed E-state index contributed by atoms with van der Waals surface area (Å²) in [5.41, 5.74) is 0.683. The van der Waals surface area contributed by atoms with Crippen molar-refractivity contribution in [2.24, 2.45) is 0 Å². The fraction of sp³-hybridized carbons (Fsp3) is 0.389. The first-order chi connectivity index (χ1) is 11.6. The maximum absolute atomic E-state index is 13.1. The fourth-order valence-corrected chi connectivity index (χ4v) is 3.87. The van der Waals surface area contributed by atoms with Crippen molar-refractivity contribution in [1.82, 2.24) is 14.8 Å². The van der Waals surface area contributed by atoms with Crippen LogP contribution in [0.3, 0.4) is 0 Å². The lowest BCUT2D eigenvalue weighted by Gasteiger charge is -2.41. The van der Waals surface area contributed by atoms with E-state index < -0.39 is 6.04 Å². The van der Waals surface area contributed by atoms with E-state index in [1.54, 1.807) is 17.9 Å². The molecule has 0 radical (unpaired) electrons. The van der Waals surface area contributed by atoms with Crippen LogP contribution in [0, 0.1) is 0 Å². The van der Waals surface area contributed by atoms with Crippen LogP contribution >= 0.6 is 0 Å². The lowest BCUT2D eigenvalue weighted by molar-refractivity contribution is -0.141. The second-order valence-corrected chi connectivity index (χ2v) is 6.55. The number of aromatic amines is 1. The van der Waals surface area contributed by atoms with Crippen molar-refractivity contribution in [2.75, 3.05) is 13.1 Å². The number of carbonyl (C=O) groups excluding carboxylic acids is 2. The van der Waals surface area contributed by atoms with Gasteiger partial charge in [0, 0.05) is 36.1 Å². The van der Waals surface area contributed by atoms with Gasteiger partial charge in [0.15, 0.2) is 0 Å². The van der Waals surface area contributed by atoms with E-state index in [1.807, 2.05) is 23.1 Å². The van der Waals surface area contributed by atoms with Gasteiger partial charge in [0.1, 0.15) is 6.04 Å². The van der Waals surface area contributed by atoms with Gasteiger partial charge in [0.05, 0.1) is 5.56 Å². The minimum atomic E-state index is -0.495. The summed E-state index contributed by atoms with van der Waals surface area (Å²) in [4.78, 5) is 43.8. The average molecular weight is 325 g/mol. The second-order valence-electron chi connectivity index (χ2n) is 6.55. The second kappa shape index (κ2) is 5.47. The Labute approximate surface area is 139 Å². The van der Waals surface area contributed by atoms with Gasteiger partial charge in [-0.3, -0.25) is 14.4 Å². The van der Waals surface area contributed by atoms with E-state index in [0.29, 0.717) is 23.0 Å². The molecule has 0 saturated carbocycles. The highest BCUT2D eigenvalue weighted by atomic mass is 16.2. The summed E-state index contributed by atoms with van der Waals surface area (Å²) in [6.07, 6.45) is 1.91. The number of fused-ring (bicyclic) bond motifs is 2. The summed E-state index contributed by atoms with van der Waals surface area (Å²) in [5, 5.41) is 0.704. The minimum absolute atomic E-state index is 0.00578. The molecule has 1 aromatic carbocycles. The number of hydrogen-bond acceptors (Lipinski definition) is 3. The molecule has 2 fully saturated rings. The molecule has 0 spiro atoms. The van der Waals surface area contributed by atoms with E-state index in [0.717, 1.165) is 19.4 Å². The van der Waals surface area contributed by atoms with Crippen LogP contribution < -0.4 is 5.56 Å². The molecule has 24 heavy (non-hydrogen) atoms. The molecule has 1 N–H and O–H groups in total. The molecule has 2 saturated heterocycles. The average Bonchev–Trinajstić information content (AvgIpc) is 3.05. The van der Waals surface area contributed by atoms with Gasteiger partial charge >= 0.3 is 0 Å². The topological polar surface area (TPSA) is 73.5 Å². The third-order valence-electron chi connectivity index (χ3n) is 5.13. The number of H-pyrrole nitrogens is 1. The van der Waals surface area contributed by atoms with Crippen molar-refractivity contribution in [2.45, 2.75) is 31.8 Å². The van der Waals surface area contributed by atoms with Gasteiger partial charge in [-0.1, -0.05) is 18.2 Å². The number of para-hydroxylation sites is 1. The van der Waals surface area contributed by atoms with Gasteiger partial charge in [0.2, 0.25) is 11.5 Å². The van der Waals surface area contributed by atoms with Crippen LogP contribution in [0.1, 0.15) is 30.1 Å². The molecule has 0 aliphatic carbocycles. The number of benzene rings is 1. The van der Waals surface area contributed by atoms with Gasteiger partial charge in [-0.05, 0) is 25.8 Å². The number of pyridine rings is 1. The number of hydrogen-bond donors (Lipinski definition) is 1. The zero-order chi connectivity index (χ0) is 16.8. The van der Waals surface area contributed by atoms with Gasteiger partial charge in [0.25, 0.3) is 5.91 Å². The maximum Gasteiger partial charge on any atom is 0.255 e. The van der Waals surface area contributed by atoms with Crippen LogP contribution in [-0.4, -0.2) is 51.8 Å². The lowest BCUT2D eigenvalue weighted by Crippen LogP contribution is -2.60. The zero-order valence-corrected chi connectivity index (χ0v) is 13.5. The van der Waals surface area contributed by atoms with Crippen molar-refractivity contribution < 1.29 is 9.59 Å². The van der Waals surface area contributed by atoms with Gasteiger partial charge in [-0.15, -0.1) is 0 Å². The van der Waals surface area contributed by atoms with Gasteiger partial charge < -0.3 is 14.8 Å². The van der Waals surface area contributed by atoms with Gasteiger partial charge in [-0.2, -0.15) is 0 Å². The SMILES string of the molecule is C[C@@H]1C(=O)N2CCC[C@@H]2CN1C(=O)c1cc(=O)[nH]c2ccccc12. The van der Waals surface area contributed by atoms with E-state index in [2.05, 4.69) is 4.98 Å². The van der Waals surface area contributed by atoms with E-state index in [1.165, 1.54) is 6.07 Å². The summed E-state index contributed by atoms with van der Waals surface area (Å²) in [5.74, 6) is -0.240. The Balaban J connectivity index is 1.76. The molecule has 6 nitrogen and oxygen atoms in total. The van der Waals surface area contributed by atoms with E-state index in [9.17, 15) is 14.4 Å². The largest absolute Gasteiger partial charge is 0.336 e. The summed E-state index contributed by atoms with van der Waals surface area (Å²) >= 11 is 0. The summed E-state index contributed by atoms with van der Waals surface area (Å²) in [6, 6.07) is 8.18. The molecule has 2 aliphatic heterocycles. The molecule has 3 heterocycles. The van der Waals surface area contributed by atoms with Crippen LogP contribution in [0.15, 0.2) is 35.1 Å². The third kappa shape index (κ3) is 2.21. The minimum Gasteiger partial charge on any atom is -0.336 e. The molecular formula is C18H19N3O3. The van der Waals surface area contributed by atoms with E-state index >= 15 is 0 Å². The van der Waals surface area contributed by atoms with Crippen molar-refractivity contribution in [1.29, 1.82) is 0 Å². The Hall–Kier alpha value is -2.63. The van der Waals surface area contributed by atoms with Crippen LogP contribution in [0.2, 0.25) is 0 Å². The molecule has 124 valence electrons. The van der Waals surface area contributed by atoms with E-state index in [-0.39, 0.29) is 23.4 Å². The number of piperazine rings is 1. The highest BCUT2D eigenvalue weighted by Gasteiger charge is 2.42. The molecule has 0 unspecified atom stereocenters. The predicted octanol–water partition coefficient (Wildman–Crippen LogP) is 1.36. The molecule has 2 amide bonds. The predicted molar refractivity (Wildman–Crippen MR) is 89.8 cm³/mol. The Morgan fingerprint density at radius 1 is 1.25 bits per heavy atom. The van der Waals surface area contributed by atoms with Crippen LogP contribution in [0.5, 0.6) is 0 Å². The van der Waals surface area contributed by atoms with Crippen molar-refractivity contribution in [3.05, 3.63) is 46.2 Å². The summed E-state index contributed by atoms with van der Waals surface area (Å²) < 4.78 is 0. The van der Waals surface area contributed by atoms with Crippen molar-refractivity contribution >= 4 is 22.7 Å². The lowest BCUT2D eigenvalue weighted by atomic mass is 10.0. The number of nitrogens with one attached hydrogen (secondary N) is 1. The first-order valence-corrected chi connectivity index (χ1v) is 8.30. The van der Waals surface area contributed by atoms with E-state index in [4.69, 9.17) is 0 Å². The molecule has 4 rings (SSSR count). The number of rotatable bonds is 1. The fourth-order valence-electron chi connectivity index (χ4n) is 3.87. The number of amides is 2. The number of nitrogens with zero attached hydrogens (tertiary/aromatic N) is 2. The summed E-state index contributed by atoms with van der Waals surface area (Å²) in [7, 11) is 0. The molecule has 2 aromatic rings. The molecule has 6 heteroatoms. The third-order valence-corrected chi connectivity index (χ3v) is 5.13. The Morgan fingerprint density at radius 2 is 2.04 bits per heavy atom. The zero-order valence-electron chi connectivity index (χ0n) is 13.5. The van der Waals surface area contributed by atoms with Crippen LogP contribution in [-0.2, 0) is 4.79 Å². The summed E-state index contributed by atoms with van der Waals surface area (Å²) in [6.45, 7) is 3.08. The van der Waals surface area contributed by atoms with Crippen molar-refractivity contribution in [3.63, 3.8) is 0 Å². The molecule has 2 atom stereocenters. The molecular weight excluding hydrogens is 306 g/mol. The first-order valence-electron chi connectivity index (χ1n) is 8.30. The van der Waals surface area contributed by atoms with Crippen LogP contribution in [0.25, 0.3) is 10.9 Å². The normalized spacial score (nSPS) is 23.6. The number of carbonyl (C=O) groups is 2. The van der Waals surface area contributed by atoms with Gasteiger partial charge in [-0.25, -0.2) is 0 Å². The first kappa shape index (κ1) is 14.9. The standard InChI is InChI=1S/C18H19N3O3/c1-11-17(23)20-8-4-5-12(20)10-21(11)18(24)14-9-16(22)19-15-7-3-2-6-13(14)15/h2-3,6-7,9,11-12H,4-5,8,10H2,1H3,(H,19,22)/t11-,12-/m1/s1. The molecule has 1 aromatic heterocycles. The Kier molecular flexibility index (Phi) is 3.40. The maximum atomic E-state index is 13.1. The monoisotopic (exact) mass is 325 g/mol. The van der Waals surface area contributed by atoms with Crippen LogP contribution in [0.4, 0.5) is 0 Å². The molecule has 2 aliphatic rings. The van der Waals surface area contributed by atoms with Crippen molar-refractivity contribution in [3.8, 4) is 0 Å².